The minimum atomic E-state index is -1.22. The van der Waals surface area contributed by atoms with Crippen LogP contribution in [0.3, 0.4) is 0 Å². The normalized spacial score (nSPS) is 37.4. The molecular formula is C39H43N3O6. The number of carbonyl (C=O) groups is 2. The number of hydrogen-bond donors (Lipinski definition) is 4. The number of nitrogens with zero attached hydrogens (tertiary/aromatic N) is 2. The second-order valence-electron chi connectivity index (χ2n) is 15.2. The lowest BCUT2D eigenvalue weighted by Crippen LogP contribution is -2.68. The maximum absolute atomic E-state index is 13.8. The van der Waals surface area contributed by atoms with Gasteiger partial charge in [0.25, 0.3) is 5.91 Å². The Balaban J connectivity index is 1.12. The first kappa shape index (κ1) is 31.4. The summed E-state index contributed by atoms with van der Waals surface area (Å²) in [4.78, 5) is 30.6. The van der Waals surface area contributed by atoms with E-state index >= 15 is 0 Å². The minimum absolute atomic E-state index is 0.0590. The van der Waals surface area contributed by atoms with Crippen molar-refractivity contribution >= 4 is 29.0 Å². The van der Waals surface area contributed by atoms with Gasteiger partial charge in [-0.1, -0.05) is 55.5 Å². The molecule has 8 atom stereocenters. The van der Waals surface area contributed by atoms with Crippen molar-refractivity contribution in [3.05, 3.63) is 77.9 Å². The molecule has 5 aliphatic rings. The van der Waals surface area contributed by atoms with Crippen molar-refractivity contribution in [3.8, 4) is 11.3 Å². The van der Waals surface area contributed by atoms with E-state index in [0.29, 0.717) is 54.3 Å². The molecule has 48 heavy (non-hydrogen) atoms. The smallest absolute Gasteiger partial charge is 0.331 e. The lowest BCUT2D eigenvalue weighted by atomic mass is 9.41. The molecule has 0 spiro atoms. The number of hydrazone groups is 1. The van der Waals surface area contributed by atoms with Crippen LogP contribution in [0, 0.1) is 28.6 Å². The quantitative estimate of drug-likeness (QED) is 0.166. The van der Waals surface area contributed by atoms with Crippen molar-refractivity contribution in [1.82, 2.24) is 10.4 Å². The standard InChI is InChI=1S/C39H43N3O6/c1-36-15-12-30-31(39(36,47)18-14-29(36)25-19-34(44)48-22-25)13-17-38(46)21-26(43)11-16-37(30,38)23-40-42-35(45)28-20-33(24-7-3-2-4-8-24)41-32-10-6-5-9-27(28)32/h2-10,19-20,23,26,29-31,43,46-47H,11-18,21-22H2,1H3,(H,42,45)/b40-23-/t26-,29+,30+,31-,36-,37+,38+,39+/m1/s1. The second-order valence-corrected chi connectivity index (χ2v) is 15.2. The van der Waals surface area contributed by atoms with Crippen LogP contribution in [-0.2, 0) is 9.53 Å². The summed E-state index contributed by atoms with van der Waals surface area (Å²) in [5, 5.41) is 41.1. The lowest BCUT2D eigenvalue weighted by molar-refractivity contribution is -0.237. The van der Waals surface area contributed by atoms with Gasteiger partial charge in [0.15, 0.2) is 0 Å². The molecule has 4 fully saturated rings. The highest BCUT2D eigenvalue weighted by atomic mass is 16.5. The van der Waals surface area contributed by atoms with Crippen molar-refractivity contribution in [1.29, 1.82) is 0 Å². The summed E-state index contributed by atoms with van der Waals surface area (Å²) in [6.07, 6.45) is 7.93. The molecule has 9 heteroatoms. The minimum Gasteiger partial charge on any atom is -0.458 e. The first-order chi connectivity index (χ1) is 23.1. The molecule has 250 valence electrons. The average Bonchev–Trinajstić information content (AvgIpc) is 3.63. The highest BCUT2D eigenvalue weighted by molar-refractivity contribution is 6.07. The molecule has 8 rings (SSSR count). The Labute approximate surface area is 280 Å². The number of pyridine rings is 1. The van der Waals surface area contributed by atoms with E-state index in [1.165, 1.54) is 0 Å². The number of esters is 1. The fourth-order valence-electron chi connectivity index (χ4n) is 10.7. The zero-order valence-corrected chi connectivity index (χ0v) is 27.3. The molecule has 3 aromatic rings. The Morgan fingerprint density at radius 3 is 2.54 bits per heavy atom. The van der Waals surface area contributed by atoms with Crippen molar-refractivity contribution in [2.45, 2.75) is 82.0 Å². The van der Waals surface area contributed by atoms with Crippen molar-refractivity contribution in [2.75, 3.05) is 6.61 Å². The lowest BCUT2D eigenvalue weighted by Gasteiger charge is -2.65. The topological polar surface area (TPSA) is 141 Å². The van der Waals surface area contributed by atoms with Gasteiger partial charge in [-0.15, -0.1) is 0 Å². The number of ether oxygens (including phenoxy) is 1. The van der Waals surface area contributed by atoms with Gasteiger partial charge in [-0.3, -0.25) is 4.79 Å². The van der Waals surface area contributed by atoms with Gasteiger partial charge in [0.1, 0.15) is 6.61 Å². The van der Waals surface area contributed by atoms with Crippen LogP contribution < -0.4 is 5.43 Å². The van der Waals surface area contributed by atoms with E-state index in [2.05, 4.69) is 17.5 Å². The molecule has 0 saturated heterocycles. The molecule has 1 amide bonds. The fraction of sp³-hybridized carbons (Fsp3) is 0.487. The number of para-hydroxylation sites is 1. The van der Waals surface area contributed by atoms with Gasteiger partial charge in [-0.25, -0.2) is 15.2 Å². The van der Waals surface area contributed by atoms with Gasteiger partial charge in [-0.2, -0.15) is 5.10 Å². The maximum atomic E-state index is 13.8. The van der Waals surface area contributed by atoms with E-state index in [-0.39, 0.29) is 42.7 Å². The van der Waals surface area contributed by atoms with E-state index in [4.69, 9.17) is 9.72 Å². The summed E-state index contributed by atoms with van der Waals surface area (Å²) in [5.74, 6) is -0.822. The fourth-order valence-corrected chi connectivity index (χ4v) is 10.7. The van der Waals surface area contributed by atoms with Crippen LogP contribution in [0.5, 0.6) is 0 Å². The molecule has 4 aliphatic carbocycles. The number of nitrogens with one attached hydrogen (secondary N) is 1. The summed E-state index contributed by atoms with van der Waals surface area (Å²) in [6.45, 7) is 2.45. The molecular weight excluding hydrogens is 606 g/mol. The Kier molecular flexibility index (Phi) is 7.40. The van der Waals surface area contributed by atoms with Crippen LogP contribution >= 0.6 is 0 Å². The van der Waals surface area contributed by atoms with E-state index in [1.807, 2.05) is 54.6 Å². The molecule has 1 aliphatic heterocycles. The van der Waals surface area contributed by atoms with Crippen molar-refractivity contribution in [2.24, 2.45) is 33.7 Å². The number of aromatic nitrogens is 1. The van der Waals surface area contributed by atoms with Crippen LogP contribution in [0.2, 0.25) is 0 Å². The number of amides is 1. The van der Waals surface area contributed by atoms with E-state index in [0.717, 1.165) is 30.4 Å². The molecule has 2 aromatic carbocycles. The summed E-state index contributed by atoms with van der Waals surface area (Å²) in [7, 11) is 0. The zero-order chi connectivity index (χ0) is 33.3. The molecule has 0 radical (unpaired) electrons. The van der Waals surface area contributed by atoms with Gasteiger partial charge in [0.05, 0.1) is 34.1 Å². The predicted octanol–water partition coefficient (Wildman–Crippen LogP) is 5.33. The molecule has 9 nitrogen and oxygen atoms in total. The zero-order valence-electron chi connectivity index (χ0n) is 27.3. The highest BCUT2D eigenvalue weighted by Gasteiger charge is 2.71. The van der Waals surface area contributed by atoms with Gasteiger partial charge in [0.2, 0.25) is 0 Å². The van der Waals surface area contributed by atoms with E-state index < -0.39 is 28.1 Å². The van der Waals surface area contributed by atoms with Crippen LogP contribution in [0.1, 0.15) is 75.1 Å². The Bertz CT molecular complexity index is 1840. The third kappa shape index (κ3) is 4.61. The predicted molar refractivity (Wildman–Crippen MR) is 181 cm³/mol. The maximum Gasteiger partial charge on any atom is 0.331 e. The third-order valence-corrected chi connectivity index (χ3v) is 13.1. The number of rotatable bonds is 5. The van der Waals surface area contributed by atoms with Crippen LogP contribution in [-0.4, -0.2) is 62.3 Å². The summed E-state index contributed by atoms with van der Waals surface area (Å²) >= 11 is 0. The third-order valence-electron chi connectivity index (χ3n) is 13.1. The Morgan fingerprint density at radius 1 is 0.979 bits per heavy atom. The number of aliphatic hydroxyl groups excluding tert-OH is 1. The number of benzene rings is 2. The first-order valence-corrected chi connectivity index (χ1v) is 17.4. The summed E-state index contributed by atoms with van der Waals surface area (Å²) in [6, 6.07) is 19.1. The van der Waals surface area contributed by atoms with Gasteiger partial charge < -0.3 is 20.1 Å². The first-order valence-electron chi connectivity index (χ1n) is 17.4. The Hall–Kier alpha value is -3.92. The number of cyclic esters (lactones) is 1. The van der Waals surface area contributed by atoms with E-state index in [1.54, 1.807) is 18.4 Å². The number of carbonyl (C=O) groups excluding carboxylic acids is 2. The van der Waals surface area contributed by atoms with Gasteiger partial charge in [0, 0.05) is 40.5 Å². The Morgan fingerprint density at radius 2 is 1.75 bits per heavy atom. The monoisotopic (exact) mass is 649 g/mol. The molecule has 2 heterocycles. The molecule has 0 unspecified atom stereocenters. The second kappa shape index (κ2) is 11.3. The van der Waals surface area contributed by atoms with Crippen LogP contribution in [0.15, 0.2) is 77.4 Å². The summed E-state index contributed by atoms with van der Waals surface area (Å²) in [5.41, 5.74) is 3.04. The van der Waals surface area contributed by atoms with Crippen molar-refractivity contribution in [3.63, 3.8) is 0 Å². The number of aliphatic hydroxyl groups is 3. The van der Waals surface area contributed by atoms with Crippen LogP contribution in [0.4, 0.5) is 0 Å². The van der Waals surface area contributed by atoms with Crippen LogP contribution in [0.25, 0.3) is 22.2 Å². The molecule has 4 N–H and O–H groups in total. The molecule has 1 aromatic heterocycles. The average molecular weight is 650 g/mol. The summed E-state index contributed by atoms with van der Waals surface area (Å²) < 4.78 is 5.28. The highest BCUT2D eigenvalue weighted by Crippen LogP contribution is 2.70. The van der Waals surface area contributed by atoms with Gasteiger partial charge >= 0.3 is 5.97 Å². The molecule has 0 bridgehead atoms. The number of fused-ring (bicyclic) bond motifs is 6. The molecule has 4 saturated carbocycles. The van der Waals surface area contributed by atoms with Gasteiger partial charge in [-0.05, 0) is 86.8 Å². The van der Waals surface area contributed by atoms with Crippen molar-refractivity contribution < 1.29 is 29.6 Å². The SMILES string of the molecule is C[C@]12CC[C@H]3[C@@H](CC[C@]4(O)C[C@H](O)CC[C@]34/C=N\NC(=O)c3cc(-c4ccccc4)nc4ccccc34)[C@@]1(O)CC[C@H]2C1=CC(=O)OC1. The van der Waals surface area contributed by atoms with E-state index in [9.17, 15) is 24.9 Å². The number of hydrogen-bond acceptors (Lipinski definition) is 8. The largest absolute Gasteiger partial charge is 0.458 e.